The zero-order chi connectivity index (χ0) is 21.7. The van der Waals surface area contributed by atoms with E-state index in [-0.39, 0.29) is 5.82 Å². The Morgan fingerprint density at radius 2 is 1.35 bits per heavy atom. The molecule has 0 saturated carbocycles. The van der Waals surface area contributed by atoms with E-state index < -0.39 is 0 Å². The average Bonchev–Trinajstić information content (AvgIpc) is 2.80. The summed E-state index contributed by atoms with van der Waals surface area (Å²) in [6, 6.07) is 16.5. The lowest BCUT2D eigenvalue weighted by Gasteiger charge is -2.12. The fraction of sp³-hybridized carbons (Fsp3) is 0.464. The van der Waals surface area contributed by atoms with E-state index in [1.807, 2.05) is 30.3 Å². The van der Waals surface area contributed by atoms with Gasteiger partial charge in [-0.1, -0.05) is 83.3 Å². The number of halogens is 1. The molecular formula is C28H36FNO. The van der Waals surface area contributed by atoms with Crippen molar-refractivity contribution in [2.75, 3.05) is 6.61 Å². The topological polar surface area (TPSA) is 22.1 Å². The second-order valence-corrected chi connectivity index (χ2v) is 8.41. The standard InChI is InChI=1S/C28H36FNO/c1-2-3-4-5-6-7-8-9-10-11-14-21-31-28-22-27(23-17-19-24(29)20-18-23)30-26-16-13-12-15-25(26)28/h12-13,15-20,22H,2-11,14,21H2,1H3. The highest BCUT2D eigenvalue weighted by atomic mass is 19.1. The van der Waals surface area contributed by atoms with Crippen molar-refractivity contribution in [2.45, 2.75) is 77.6 Å². The molecule has 1 aromatic heterocycles. The third-order valence-electron chi connectivity index (χ3n) is 5.82. The summed E-state index contributed by atoms with van der Waals surface area (Å²) in [6.45, 7) is 2.99. The van der Waals surface area contributed by atoms with Crippen molar-refractivity contribution in [3.63, 3.8) is 0 Å². The first-order chi connectivity index (χ1) is 15.3. The van der Waals surface area contributed by atoms with E-state index in [1.54, 1.807) is 12.1 Å². The summed E-state index contributed by atoms with van der Waals surface area (Å²) in [4.78, 5) is 4.74. The number of aromatic nitrogens is 1. The third-order valence-corrected chi connectivity index (χ3v) is 5.82. The second-order valence-electron chi connectivity index (χ2n) is 8.41. The number of para-hydroxylation sites is 1. The van der Waals surface area contributed by atoms with E-state index >= 15 is 0 Å². The molecule has 2 nitrogen and oxygen atoms in total. The SMILES string of the molecule is CCCCCCCCCCCCCOc1cc(-c2ccc(F)cc2)nc2ccccc12. The highest BCUT2D eigenvalue weighted by Gasteiger charge is 2.09. The van der Waals surface area contributed by atoms with Crippen molar-refractivity contribution < 1.29 is 9.13 Å². The maximum atomic E-state index is 13.3. The fourth-order valence-corrected chi connectivity index (χ4v) is 3.98. The monoisotopic (exact) mass is 421 g/mol. The number of hydrogen-bond acceptors (Lipinski definition) is 2. The lowest BCUT2D eigenvalue weighted by Crippen LogP contribution is -1.99. The summed E-state index contributed by atoms with van der Waals surface area (Å²) in [7, 11) is 0. The molecule has 0 unspecified atom stereocenters. The minimum atomic E-state index is -0.238. The van der Waals surface area contributed by atoms with Gasteiger partial charge >= 0.3 is 0 Å². The molecular weight excluding hydrogens is 385 g/mol. The number of unbranched alkanes of at least 4 members (excludes halogenated alkanes) is 10. The van der Waals surface area contributed by atoms with E-state index in [1.165, 1.54) is 76.3 Å². The summed E-state index contributed by atoms with van der Waals surface area (Å²) >= 11 is 0. The molecule has 0 radical (unpaired) electrons. The molecule has 0 bridgehead atoms. The molecule has 0 spiro atoms. The Bertz CT molecular complexity index is 907. The van der Waals surface area contributed by atoms with Gasteiger partial charge in [-0.25, -0.2) is 9.37 Å². The third kappa shape index (κ3) is 7.65. The van der Waals surface area contributed by atoms with E-state index in [0.29, 0.717) is 6.61 Å². The van der Waals surface area contributed by atoms with Crippen LogP contribution in [0, 0.1) is 5.82 Å². The first-order valence-electron chi connectivity index (χ1n) is 12.1. The molecule has 3 heteroatoms. The van der Waals surface area contributed by atoms with Gasteiger partial charge in [0.05, 0.1) is 17.8 Å². The molecule has 0 amide bonds. The number of hydrogen-bond donors (Lipinski definition) is 0. The maximum Gasteiger partial charge on any atom is 0.130 e. The lowest BCUT2D eigenvalue weighted by atomic mass is 10.1. The van der Waals surface area contributed by atoms with Crippen LogP contribution >= 0.6 is 0 Å². The quantitative estimate of drug-likeness (QED) is 0.243. The molecule has 3 rings (SSSR count). The maximum absolute atomic E-state index is 13.3. The molecule has 3 aromatic rings. The van der Waals surface area contributed by atoms with E-state index in [2.05, 4.69) is 6.92 Å². The Kier molecular flexibility index (Phi) is 9.82. The molecule has 0 atom stereocenters. The fourth-order valence-electron chi connectivity index (χ4n) is 3.98. The molecule has 0 N–H and O–H groups in total. The van der Waals surface area contributed by atoms with Gasteiger partial charge in [0.15, 0.2) is 0 Å². The summed E-state index contributed by atoms with van der Waals surface area (Å²) in [6.07, 6.45) is 14.6. The van der Waals surface area contributed by atoms with Crippen LogP contribution in [0.5, 0.6) is 5.75 Å². The normalized spacial score (nSPS) is 11.2. The number of ether oxygens (including phenoxy) is 1. The minimum Gasteiger partial charge on any atom is -0.493 e. The van der Waals surface area contributed by atoms with Crippen molar-refractivity contribution in [3.8, 4) is 17.0 Å². The predicted octanol–water partition coefficient (Wildman–Crippen LogP) is 8.73. The Labute approximate surface area is 186 Å². The first-order valence-corrected chi connectivity index (χ1v) is 12.1. The molecule has 0 saturated heterocycles. The van der Waals surface area contributed by atoms with Crippen LogP contribution in [0.25, 0.3) is 22.2 Å². The van der Waals surface area contributed by atoms with Crippen LogP contribution in [0.4, 0.5) is 4.39 Å². The Morgan fingerprint density at radius 3 is 2.03 bits per heavy atom. The largest absolute Gasteiger partial charge is 0.493 e. The number of nitrogens with zero attached hydrogens (tertiary/aromatic N) is 1. The zero-order valence-corrected chi connectivity index (χ0v) is 18.9. The van der Waals surface area contributed by atoms with Crippen LogP contribution in [0.1, 0.15) is 77.6 Å². The molecule has 0 aliphatic rings. The number of benzene rings is 2. The van der Waals surface area contributed by atoms with Gasteiger partial charge in [-0.05, 0) is 42.8 Å². The molecule has 2 aromatic carbocycles. The van der Waals surface area contributed by atoms with E-state index in [4.69, 9.17) is 9.72 Å². The Morgan fingerprint density at radius 1 is 0.742 bits per heavy atom. The van der Waals surface area contributed by atoms with Gasteiger partial charge < -0.3 is 4.74 Å². The minimum absolute atomic E-state index is 0.238. The molecule has 0 aliphatic carbocycles. The van der Waals surface area contributed by atoms with Gasteiger partial charge in [0.2, 0.25) is 0 Å². The smallest absolute Gasteiger partial charge is 0.130 e. The number of fused-ring (bicyclic) bond motifs is 1. The summed E-state index contributed by atoms with van der Waals surface area (Å²) in [5.74, 6) is 0.620. The van der Waals surface area contributed by atoms with Crippen molar-refractivity contribution in [2.24, 2.45) is 0 Å². The van der Waals surface area contributed by atoms with Gasteiger partial charge in [-0.15, -0.1) is 0 Å². The molecule has 1 heterocycles. The zero-order valence-electron chi connectivity index (χ0n) is 18.9. The van der Waals surface area contributed by atoms with Crippen LogP contribution in [0.15, 0.2) is 54.6 Å². The van der Waals surface area contributed by atoms with Gasteiger partial charge in [0.25, 0.3) is 0 Å². The molecule has 166 valence electrons. The number of rotatable bonds is 14. The van der Waals surface area contributed by atoms with Crippen LogP contribution in [0.2, 0.25) is 0 Å². The van der Waals surface area contributed by atoms with E-state index in [9.17, 15) is 4.39 Å². The van der Waals surface area contributed by atoms with Crippen molar-refractivity contribution in [1.82, 2.24) is 4.98 Å². The van der Waals surface area contributed by atoms with Crippen molar-refractivity contribution >= 4 is 10.9 Å². The van der Waals surface area contributed by atoms with Crippen LogP contribution < -0.4 is 4.74 Å². The van der Waals surface area contributed by atoms with Crippen LogP contribution in [-0.4, -0.2) is 11.6 Å². The lowest BCUT2D eigenvalue weighted by molar-refractivity contribution is 0.307. The highest BCUT2D eigenvalue weighted by Crippen LogP contribution is 2.30. The second kappa shape index (κ2) is 13.1. The van der Waals surface area contributed by atoms with E-state index in [0.717, 1.165) is 34.3 Å². The summed E-state index contributed by atoms with van der Waals surface area (Å²) < 4.78 is 19.5. The van der Waals surface area contributed by atoms with Crippen molar-refractivity contribution in [1.29, 1.82) is 0 Å². The Balaban J connectivity index is 1.45. The van der Waals surface area contributed by atoms with Crippen LogP contribution in [0.3, 0.4) is 0 Å². The molecule has 0 aliphatic heterocycles. The highest BCUT2D eigenvalue weighted by molar-refractivity contribution is 5.87. The number of pyridine rings is 1. The first kappa shape index (κ1) is 23.2. The van der Waals surface area contributed by atoms with Crippen LogP contribution in [-0.2, 0) is 0 Å². The molecule has 0 fully saturated rings. The summed E-state index contributed by atoms with van der Waals surface area (Å²) in [5, 5.41) is 1.02. The van der Waals surface area contributed by atoms with Crippen molar-refractivity contribution in [3.05, 3.63) is 60.4 Å². The average molecular weight is 422 g/mol. The van der Waals surface area contributed by atoms with Gasteiger partial charge in [0.1, 0.15) is 11.6 Å². The van der Waals surface area contributed by atoms with Gasteiger partial charge in [0, 0.05) is 17.0 Å². The molecule has 31 heavy (non-hydrogen) atoms. The van der Waals surface area contributed by atoms with Gasteiger partial charge in [-0.2, -0.15) is 0 Å². The predicted molar refractivity (Wildman–Crippen MR) is 129 cm³/mol. The van der Waals surface area contributed by atoms with Gasteiger partial charge in [-0.3, -0.25) is 0 Å². The Hall–Kier alpha value is -2.42. The summed E-state index contributed by atoms with van der Waals surface area (Å²) in [5.41, 5.74) is 2.61.